The summed E-state index contributed by atoms with van der Waals surface area (Å²) in [6.07, 6.45) is 1.95. The van der Waals surface area contributed by atoms with Crippen LogP contribution >= 0.6 is 0 Å². The van der Waals surface area contributed by atoms with Gasteiger partial charge in [0, 0.05) is 17.3 Å². The molecule has 27 heavy (non-hydrogen) atoms. The molecular weight excluding hydrogens is 340 g/mol. The van der Waals surface area contributed by atoms with E-state index in [0.717, 1.165) is 29.8 Å². The molecule has 3 rings (SSSR count). The zero-order valence-electron chi connectivity index (χ0n) is 15.2. The number of nitrogens with one attached hydrogen (secondary N) is 3. The highest BCUT2D eigenvalue weighted by Crippen LogP contribution is 2.30. The van der Waals surface area contributed by atoms with Crippen LogP contribution in [0.15, 0.2) is 48.5 Å². The van der Waals surface area contributed by atoms with Gasteiger partial charge in [-0.05, 0) is 61.7 Å². The van der Waals surface area contributed by atoms with E-state index in [1.165, 1.54) is 0 Å². The quantitative estimate of drug-likeness (QED) is 0.705. The van der Waals surface area contributed by atoms with Crippen molar-refractivity contribution >= 4 is 23.2 Å². The van der Waals surface area contributed by atoms with E-state index in [0.29, 0.717) is 5.56 Å². The maximum Gasteiger partial charge on any atom is 0.239 e. The first-order chi connectivity index (χ1) is 13.0. The Kier molecular flexibility index (Phi) is 5.72. The molecule has 0 aromatic heterocycles. The first-order valence-electron chi connectivity index (χ1n) is 8.99. The lowest BCUT2D eigenvalue weighted by molar-refractivity contribution is -0.120. The standard InChI is InChI=1S/C21H22N4O2/c1-14(16-6-10-19(11-7-16)25-21(27)17-4-5-17)24-20(26)13-23-18-8-2-15(12-22)3-9-18/h2-3,6-11,14,17,23H,4-5,13H2,1H3,(H,24,26)(H,25,27). The summed E-state index contributed by atoms with van der Waals surface area (Å²) in [5.74, 6) is 0.127. The monoisotopic (exact) mass is 362 g/mol. The lowest BCUT2D eigenvalue weighted by atomic mass is 10.1. The Bertz CT molecular complexity index is 849. The third-order valence-electron chi connectivity index (χ3n) is 4.47. The van der Waals surface area contributed by atoms with Crippen molar-refractivity contribution in [3.8, 4) is 6.07 Å². The Labute approximate surface area is 158 Å². The number of amides is 2. The van der Waals surface area contributed by atoms with E-state index in [1.807, 2.05) is 31.2 Å². The van der Waals surface area contributed by atoms with Crippen LogP contribution in [0.2, 0.25) is 0 Å². The van der Waals surface area contributed by atoms with Gasteiger partial charge in [0.1, 0.15) is 0 Å². The summed E-state index contributed by atoms with van der Waals surface area (Å²) in [6.45, 7) is 2.06. The van der Waals surface area contributed by atoms with E-state index in [2.05, 4.69) is 22.0 Å². The summed E-state index contributed by atoms with van der Waals surface area (Å²) < 4.78 is 0. The van der Waals surface area contributed by atoms with Crippen molar-refractivity contribution in [1.29, 1.82) is 5.26 Å². The average Bonchev–Trinajstić information content (AvgIpc) is 3.52. The zero-order chi connectivity index (χ0) is 19.2. The molecule has 1 aliphatic rings. The van der Waals surface area contributed by atoms with Gasteiger partial charge in [0.25, 0.3) is 0 Å². The predicted octanol–water partition coefficient (Wildman–Crippen LogP) is 3.20. The van der Waals surface area contributed by atoms with Crippen molar-refractivity contribution in [3.05, 3.63) is 59.7 Å². The molecule has 0 bridgehead atoms. The van der Waals surface area contributed by atoms with Gasteiger partial charge in [0.2, 0.25) is 11.8 Å². The fraction of sp³-hybridized carbons (Fsp3) is 0.286. The summed E-state index contributed by atoms with van der Waals surface area (Å²) in [7, 11) is 0. The highest BCUT2D eigenvalue weighted by molar-refractivity contribution is 5.94. The average molecular weight is 362 g/mol. The molecule has 6 nitrogen and oxygen atoms in total. The van der Waals surface area contributed by atoms with Crippen molar-refractivity contribution in [2.45, 2.75) is 25.8 Å². The van der Waals surface area contributed by atoms with E-state index < -0.39 is 0 Å². The van der Waals surface area contributed by atoms with Crippen LogP contribution in [-0.2, 0) is 9.59 Å². The number of hydrogen-bond acceptors (Lipinski definition) is 4. The molecule has 0 spiro atoms. The molecule has 0 radical (unpaired) electrons. The number of carbonyl (C=O) groups excluding carboxylic acids is 2. The van der Waals surface area contributed by atoms with Crippen LogP contribution < -0.4 is 16.0 Å². The van der Waals surface area contributed by atoms with Crippen molar-refractivity contribution in [2.75, 3.05) is 17.2 Å². The van der Waals surface area contributed by atoms with Gasteiger partial charge >= 0.3 is 0 Å². The number of nitrogens with zero attached hydrogens (tertiary/aromatic N) is 1. The summed E-state index contributed by atoms with van der Waals surface area (Å²) in [5, 5.41) is 17.7. The molecule has 0 aliphatic heterocycles. The van der Waals surface area contributed by atoms with E-state index >= 15 is 0 Å². The van der Waals surface area contributed by atoms with Crippen molar-refractivity contribution in [3.63, 3.8) is 0 Å². The number of benzene rings is 2. The number of hydrogen-bond donors (Lipinski definition) is 3. The van der Waals surface area contributed by atoms with Gasteiger partial charge in [0.15, 0.2) is 0 Å². The van der Waals surface area contributed by atoms with Crippen LogP contribution in [0.25, 0.3) is 0 Å². The first-order valence-corrected chi connectivity index (χ1v) is 8.99. The second-order valence-corrected chi connectivity index (χ2v) is 6.72. The third-order valence-corrected chi connectivity index (χ3v) is 4.47. The third kappa shape index (κ3) is 5.32. The summed E-state index contributed by atoms with van der Waals surface area (Å²) in [6, 6.07) is 16.4. The fourth-order valence-corrected chi connectivity index (χ4v) is 2.67. The maximum atomic E-state index is 12.1. The van der Waals surface area contributed by atoms with E-state index in [4.69, 9.17) is 5.26 Å². The Morgan fingerprint density at radius 2 is 1.70 bits per heavy atom. The van der Waals surface area contributed by atoms with Crippen LogP contribution in [0, 0.1) is 17.2 Å². The molecular formula is C21H22N4O2. The highest BCUT2D eigenvalue weighted by atomic mass is 16.2. The Balaban J connectivity index is 1.46. The lowest BCUT2D eigenvalue weighted by Crippen LogP contribution is -2.32. The molecule has 0 saturated heterocycles. The van der Waals surface area contributed by atoms with Crippen molar-refractivity contribution in [1.82, 2.24) is 5.32 Å². The predicted molar refractivity (Wildman–Crippen MR) is 104 cm³/mol. The SMILES string of the molecule is CC(NC(=O)CNc1ccc(C#N)cc1)c1ccc(NC(=O)C2CC2)cc1. The molecule has 2 amide bonds. The fourth-order valence-electron chi connectivity index (χ4n) is 2.67. The molecule has 0 heterocycles. The first kappa shape index (κ1) is 18.5. The lowest BCUT2D eigenvalue weighted by Gasteiger charge is -2.16. The molecule has 6 heteroatoms. The molecule has 1 unspecified atom stereocenters. The molecule has 2 aromatic carbocycles. The zero-order valence-corrected chi connectivity index (χ0v) is 15.2. The molecule has 1 aliphatic carbocycles. The van der Waals surface area contributed by atoms with Gasteiger partial charge in [-0.15, -0.1) is 0 Å². The van der Waals surface area contributed by atoms with E-state index in [9.17, 15) is 9.59 Å². The molecule has 138 valence electrons. The largest absolute Gasteiger partial charge is 0.376 e. The van der Waals surface area contributed by atoms with Crippen LogP contribution in [0.5, 0.6) is 0 Å². The molecule has 2 aromatic rings. The minimum absolute atomic E-state index is 0.0815. The second-order valence-electron chi connectivity index (χ2n) is 6.72. The molecule has 3 N–H and O–H groups in total. The van der Waals surface area contributed by atoms with Gasteiger partial charge in [-0.2, -0.15) is 5.26 Å². The Morgan fingerprint density at radius 3 is 2.30 bits per heavy atom. The number of carbonyl (C=O) groups is 2. The van der Waals surface area contributed by atoms with Gasteiger partial charge < -0.3 is 16.0 Å². The topological polar surface area (TPSA) is 94.0 Å². The minimum Gasteiger partial charge on any atom is -0.376 e. The highest BCUT2D eigenvalue weighted by Gasteiger charge is 2.29. The molecule has 1 atom stereocenters. The Hall–Kier alpha value is -3.33. The van der Waals surface area contributed by atoms with Crippen molar-refractivity contribution in [2.24, 2.45) is 5.92 Å². The normalized spacial score (nSPS) is 13.9. The van der Waals surface area contributed by atoms with Gasteiger partial charge in [-0.1, -0.05) is 12.1 Å². The van der Waals surface area contributed by atoms with Crippen LogP contribution in [0.1, 0.15) is 36.9 Å². The van der Waals surface area contributed by atoms with Crippen molar-refractivity contribution < 1.29 is 9.59 Å². The molecule has 1 saturated carbocycles. The Morgan fingerprint density at radius 1 is 1.07 bits per heavy atom. The van der Waals surface area contributed by atoms with Gasteiger partial charge in [-0.3, -0.25) is 9.59 Å². The van der Waals surface area contributed by atoms with E-state index in [1.54, 1.807) is 24.3 Å². The van der Waals surface area contributed by atoms with Gasteiger partial charge in [0.05, 0.1) is 24.2 Å². The summed E-state index contributed by atoms with van der Waals surface area (Å²) in [5.41, 5.74) is 3.10. The summed E-state index contributed by atoms with van der Waals surface area (Å²) >= 11 is 0. The van der Waals surface area contributed by atoms with E-state index in [-0.39, 0.29) is 30.3 Å². The second kappa shape index (κ2) is 8.37. The van der Waals surface area contributed by atoms with Crippen LogP contribution in [0.3, 0.4) is 0 Å². The van der Waals surface area contributed by atoms with Crippen LogP contribution in [-0.4, -0.2) is 18.4 Å². The smallest absolute Gasteiger partial charge is 0.239 e. The molecule has 1 fully saturated rings. The number of rotatable bonds is 7. The maximum absolute atomic E-state index is 12.1. The minimum atomic E-state index is -0.145. The summed E-state index contributed by atoms with van der Waals surface area (Å²) in [4.78, 5) is 23.9. The van der Waals surface area contributed by atoms with Crippen LogP contribution in [0.4, 0.5) is 11.4 Å². The number of nitriles is 1. The van der Waals surface area contributed by atoms with Gasteiger partial charge in [-0.25, -0.2) is 0 Å². The number of anilines is 2.